The first kappa shape index (κ1) is 20.5. The molecule has 0 fully saturated rings. The second-order valence-electron chi connectivity index (χ2n) is 4.45. The minimum Gasteiger partial charge on any atom is -0.455 e. The summed E-state index contributed by atoms with van der Waals surface area (Å²) in [6.45, 7) is 6.17. The number of carbonyl (C=O) groups is 3. The fourth-order valence-electron chi connectivity index (χ4n) is 1.42. The summed E-state index contributed by atoms with van der Waals surface area (Å²) >= 11 is 0. The quantitative estimate of drug-likeness (QED) is 0.410. The molecule has 9 heteroatoms. The van der Waals surface area contributed by atoms with Crippen LogP contribution < -0.4 is 11.1 Å². The van der Waals surface area contributed by atoms with E-state index < -0.39 is 26.7 Å². The molecule has 3 N–H and O–H groups in total. The second kappa shape index (κ2) is 11.2. The smallest absolute Gasteiger partial charge is 0.455 e. The van der Waals surface area contributed by atoms with E-state index in [0.717, 1.165) is 0 Å². The van der Waals surface area contributed by atoms with Gasteiger partial charge in [-0.15, -0.1) is 0 Å². The Balaban J connectivity index is 5.13. The maximum atomic E-state index is 11.6. The molecule has 0 atom stereocenters. The van der Waals surface area contributed by atoms with E-state index in [-0.39, 0.29) is 25.3 Å². The monoisotopic (exact) mass is 334 g/mol. The Hall–Kier alpha value is -1.45. The van der Waals surface area contributed by atoms with E-state index in [1.807, 2.05) is 0 Å². The topological polar surface area (TPSA) is 117 Å². The van der Waals surface area contributed by atoms with Crippen LogP contribution in [0.3, 0.4) is 0 Å². The molecular weight excluding hydrogens is 308 g/mol. The number of nitrogens with one attached hydrogen (secondary N) is 1. The molecule has 0 unspecified atom stereocenters. The van der Waals surface area contributed by atoms with Crippen molar-refractivity contribution in [1.82, 2.24) is 5.32 Å². The fourth-order valence-corrected chi connectivity index (χ4v) is 3.81. The van der Waals surface area contributed by atoms with Crippen LogP contribution in [0.15, 0.2) is 0 Å². The van der Waals surface area contributed by atoms with Gasteiger partial charge in [0.25, 0.3) is 17.9 Å². The lowest BCUT2D eigenvalue weighted by atomic mass is 10.5. The van der Waals surface area contributed by atoms with Crippen molar-refractivity contribution in [1.29, 1.82) is 0 Å². The van der Waals surface area contributed by atoms with Crippen molar-refractivity contribution in [3.8, 4) is 0 Å². The molecule has 0 aliphatic heterocycles. The summed E-state index contributed by atoms with van der Waals surface area (Å²) in [6, 6.07) is 0.121. The zero-order valence-corrected chi connectivity index (χ0v) is 14.5. The van der Waals surface area contributed by atoms with Gasteiger partial charge in [0, 0.05) is 38.9 Å². The van der Waals surface area contributed by atoms with Crippen LogP contribution in [0.25, 0.3) is 0 Å². The van der Waals surface area contributed by atoms with Crippen LogP contribution in [-0.2, 0) is 27.7 Å². The van der Waals surface area contributed by atoms with Gasteiger partial charge in [-0.2, -0.15) is 0 Å². The molecule has 128 valence electrons. The van der Waals surface area contributed by atoms with Gasteiger partial charge in [-0.05, 0) is 0 Å². The Bertz CT molecular complexity index is 332. The zero-order valence-electron chi connectivity index (χ0n) is 13.5. The molecule has 0 amide bonds. The summed E-state index contributed by atoms with van der Waals surface area (Å²) in [5, 5.41) is 3.00. The second-order valence-corrected chi connectivity index (χ2v) is 6.93. The average Bonchev–Trinajstić information content (AvgIpc) is 2.51. The highest BCUT2D eigenvalue weighted by atomic mass is 28.4. The van der Waals surface area contributed by atoms with E-state index in [1.165, 1.54) is 0 Å². The molecule has 0 saturated carbocycles. The molecule has 22 heavy (non-hydrogen) atoms. The SMILES string of the molecule is CCC(=O)O[Si](CCNCCN)(OC(=O)CC)OC(=O)CC. The third-order valence-corrected chi connectivity index (χ3v) is 5.08. The summed E-state index contributed by atoms with van der Waals surface area (Å²) in [4.78, 5) is 34.9. The molecule has 8 nitrogen and oxygen atoms in total. The van der Waals surface area contributed by atoms with Gasteiger partial charge in [0.1, 0.15) is 0 Å². The summed E-state index contributed by atoms with van der Waals surface area (Å²) in [5.74, 6) is -1.71. The van der Waals surface area contributed by atoms with Gasteiger partial charge in [-0.25, -0.2) is 0 Å². The standard InChI is InChI=1S/C13H26N2O6Si/c1-4-11(16)19-22(20-12(17)5-2,21-13(18)6-3)10-9-15-8-7-14/h15H,4-10,14H2,1-3H3. The first-order valence-electron chi connectivity index (χ1n) is 7.49. The molecule has 0 saturated heterocycles. The lowest BCUT2D eigenvalue weighted by molar-refractivity contribution is -0.150. The highest BCUT2D eigenvalue weighted by molar-refractivity contribution is 6.65. The predicted octanol–water partition coefficient (Wildman–Crippen LogP) is 0.333. The third-order valence-electron chi connectivity index (χ3n) is 2.60. The zero-order chi connectivity index (χ0) is 17.0. The molecule has 0 aromatic heterocycles. The van der Waals surface area contributed by atoms with E-state index in [0.29, 0.717) is 19.6 Å². The minimum absolute atomic E-state index is 0.0956. The van der Waals surface area contributed by atoms with E-state index in [4.69, 9.17) is 19.0 Å². The Morgan fingerprint density at radius 2 is 1.27 bits per heavy atom. The number of hydrogen-bond acceptors (Lipinski definition) is 8. The van der Waals surface area contributed by atoms with E-state index in [2.05, 4.69) is 5.32 Å². The molecule has 0 aromatic carbocycles. The number of rotatable bonds is 11. The average molecular weight is 334 g/mol. The van der Waals surface area contributed by atoms with Crippen molar-refractivity contribution in [2.75, 3.05) is 19.6 Å². The predicted molar refractivity (Wildman–Crippen MR) is 81.6 cm³/mol. The highest BCUT2D eigenvalue weighted by Crippen LogP contribution is 2.18. The number of hydrogen-bond donors (Lipinski definition) is 2. The van der Waals surface area contributed by atoms with Crippen LogP contribution in [0.5, 0.6) is 0 Å². The van der Waals surface area contributed by atoms with Crippen molar-refractivity contribution in [3.05, 3.63) is 0 Å². The molecule has 0 aliphatic rings. The van der Waals surface area contributed by atoms with Gasteiger partial charge in [0.2, 0.25) is 0 Å². The van der Waals surface area contributed by atoms with Crippen molar-refractivity contribution in [2.45, 2.75) is 46.1 Å². The van der Waals surface area contributed by atoms with Crippen LogP contribution in [0.1, 0.15) is 40.0 Å². The van der Waals surface area contributed by atoms with Gasteiger partial charge in [0.05, 0.1) is 6.04 Å². The lowest BCUT2D eigenvalue weighted by Crippen LogP contribution is -2.51. The van der Waals surface area contributed by atoms with Crippen LogP contribution >= 0.6 is 0 Å². The normalized spacial score (nSPS) is 10.9. The van der Waals surface area contributed by atoms with Gasteiger partial charge in [-0.3, -0.25) is 14.4 Å². The van der Waals surface area contributed by atoms with Gasteiger partial charge in [-0.1, -0.05) is 20.8 Å². The Labute approximate surface area is 132 Å². The fraction of sp³-hybridized carbons (Fsp3) is 0.769. The van der Waals surface area contributed by atoms with E-state index >= 15 is 0 Å². The lowest BCUT2D eigenvalue weighted by Gasteiger charge is -2.27. The molecule has 0 bridgehead atoms. The van der Waals surface area contributed by atoms with Crippen molar-refractivity contribution in [2.24, 2.45) is 5.73 Å². The molecule has 0 aromatic rings. The Morgan fingerprint density at radius 1 is 0.864 bits per heavy atom. The van der Waals surface area contributed by atoms with Gasteiger partial charge in [0.15, 0.2) is 0 Å². The maximum absolute atomic E-state index is 11.6. The summed E-state index contributed by atoms with van der Waals surface area (Å²) < 4.78 is 15.8. The number of nitrogens with two attached hydrogens (primary N) is 1. The summed E-state index contributed by atoms with van der Waals surface area (Å²) in [6.07, 6.45) is 0.287. The van der Waals surface area contributed by atoms with Crippen LogP contribution in [0, 0.1) is 0 Å². The van der Waals surface area contributed by atoms with Crippen LogP contribution in [0.2, 0.25) is 6.04 Å². The summed E-state index contributed by atoms with van der Waals surface area (Å²) in [7, 11) is -3.75. The molecule has 0 radical (unpaired) electrons. The molecule has 0 spiro atoms. The molecule has 0 aliphatic carbocycles. The molecule has 0 rings (SSSR count). The van der Waals surface area contributed by atoms with Crippen molar-refractivity contribution >= 4 is 26.7 Å². The largest absolute Gasteiger partial charge is 0.706 e. The first-order valence-corrected chi connectivity index (χ1v) is 9.42. The minimum atomic E-state index is -3.75. The van der Waals surface area contributed by atoms with Gasteiger partial charge >= 0.3 is 8.80 Å². The Kier molecular flexibility index (Phi) is 10.4. The maximum Gasteiger partial charge on any atom is 0.706 e. The molecule has 0 heterocycles. The first-order chi connectivity index (χ1) is 10.4. The summed E-state index contributed by atoms with van der Waals surface area (Å²) in [5.41, 5.74) is 5.38. The highest BCUT2D eigenvalue weighted by Gasteiger charge is 2.52. The van der Waals surface area contributed by atoms with E-state index in [9.17, 15) is 14.4 Å². The van der Waals surface area contributed by atoms with E-state index in [1.54, 1.807) is 20.8 Å². The van der Waals surface area contributed by atoms with Crippen molar-refractivity contribution < 1.29 is 27.7 Å². The van der Waals surface area contributed by atoms with Crippen molar-refractivity contribution in [3.63, 3.8) is 0 Å². The molecular formula is C13H26N2O6Si. The number of carbonyl (C=O) groups excluding carboxylic acids is 3. The Morgan fingerprint density at radius 3 is 1.59 bits per heavy atom. The van der Waals surface area contributed by atoms with Crippen LogP contribution in [0.4, 0.5) is 0 Å². The van der Waals surface area contributed by atoms with Gasteiger partial charge < -0.3 is 24.3 Å². The van der Waals surface area contributed by atoms with Crippen LogP contribution in [-0.4, -0.2) is 46.3 Å². The third kappa shape index (κ3) is 8.10.